The van der Waals surface area contributed by atoms with Crippen LogP contribution in [0.1, 0.15) is 45.2 Å². The Balaban J connectivity index is 1.68. The molecule has 1 unspecified atom stereocenters. The lowest BCUT2D eigenvalue weighted by Gasteiger charge is -2.48. The number of rotatable bonds is 3. The summed E-state index contributed by atoms with van der Waals surface area (Å²) >= 11 is 0. The molecule has 0 aromatic carbocycles. The highest BCUT2D eigenvalue weighted by Gasteiger charge is 2.42. The number of likely N-dealkylation sites (tertiary alicyclic amines) is 2. The van der Waals surface area contributed by atoms with Crippen LogP contribution >= 0.6 is 0 Å². The molecule has 2 aliphatic rings. The molecule has 6 nitrogen and oxygen atoms in total. The highest BCUT2D eigenvalue weighted by atomic mass is 16.2. The van der Waals surface area contributed by atoms with Crippen molar-refractivity contribution >= 4 is 11.9 Å². The van der Waals surface area contributed by atoms with Crippen LogP contribution < -0.4 is 5.32 Å². The minimum Gasteiger partial charge on any atom is -0.336 e. The Morgan fingerprint density at radius 3 is 2.88 bits per heavy atom. The number of hydrogen-bond donors (Lipinski definition) is 1. The van der Waals surface area contributed by atoms with Crippen LogP contribution in [-0.2, 0) is 11.3 Å². The van der Waals surface area contributed by atoms with Crippen LogP contribution in [0.4, 0.5) is 4.79 Å². The van der Waals surface area contributed by atoms with Gasteiger partial charge in [-0.15, -0.1) is 0 Å². The number of urea groups is 1. The summed E-state index contributed by atoms with van der Waals surface area (Å²) in [5, 5.41) is 2.99. The molecule has 0 saturated carbocycles. The zero-order valence-electron chi connectivity index (χ0n) is 15.2. The Morgan fingerprint density at radius 1 is 1.32 bits per heavy atom. The second kappa shape index (κ2) is 7.42. The number of carbonyl (C=O) groups excluding carboxylic acids is 2. The van der Waals surface area contributed by atoms with Gasteiger partial charge in [0.05, 0.1) is 12.2 Å². The lowest BCUT2D eigenvalue weighted by molar-refractivity contribution is -0.139. The van der Waals surface area contributed by atoms with Crippen LogP contribution in [-0.4, -0.2) is 52.4 Å². The molecule has 3 heterocycles. The molecule has 2 fully saturated rings. The first kappa shape index (κ1) is 17.7. The molecule has 1 aromatic rings. The van der Waals surface area contributed by atoms with E-state index in [2.05, 4.69) is 10.3 Å². The van der Waals surface area contributed by atoms with Gasteiger partial charge in [0, 0.05) is 43.7 Å². The minimum absolute atomic E-state index is 0.0160. The molecular weight excluding hydrogens is 316 g/mol. The van der Waals surface area contributed by atoms with E-state index in [9.17, 15) is 9.59 Å². The van der Waals surface area contributed by atoms with Gasteiger partial charge in [-0.2, -0.15) is 0 Å². The van der Waals surface area contributed by atoms with Gasteiger partial charge < -0.3 is 15.1 Å². The van der Waals surface area contributed by atoms with Gasteiger partial charge in [-0.05, 0) is 45.2 Å². The summed E-state index contributed by atoms with van der Waals surface area (Å²) in [5.41, 5.74) is 0.938. The van der Waals surface area contributed by atoms with Gasteiger partial charge in [0.1, 0.15) is 0 Å². The zero-order valence-corrected chi connectivity index (χ0v) is 15.2. The molecule has 3 rings (SSSR count). The summed E-state index contributed by atoms with van der Waals surface area (Å²) in [6.07, 6.45) is 5.27. The van der Waals surface area contributed by atoms with E-state index in [-0.39, 0.29) is 23.4 Å². The van der Waals surface area contributed by atoms with Crippen molar-refractivity contribution < 1.29 is 9.59 Å². The number of piperidine rings is 2. The third-order valence-corrected chi connectivity index (χ3v) is 5.19. The number of amides is 3. The summed E-state index contributed by atoms with van der Waals surface area (Å²) in [5.74, 6) is 0.194. The Bertz CT molecular complexity index is 619. The first-order valence-electron chi connectivity index (χ1n) is 9.21. The summed E-state index contributed by atoms with van der Waals surface area (Å²) < 4.78 is 0. The summed E-state index contributed by atoms with van der Waals surface area (Å²) in [6, 6.07) is 5.94. The quantitative estimate of drug-likeness (QED) is 0.916. The average Bonchev–Trinajstić information content (AvgIpc) is 2.59. The molecule has 3 amide bonds. The standard InChI is InChI=1S/C19H28N4O2/c1-15(2)21-18(25)22-11-5-8-19(13-22)9-7-17(24)23(14-19)12-16-6-3-4-10-20-16/h3-4,6,10,15H,5,7-9,11-14H2,1-2H3,(H,21,25). The summed E-state index contributed by atoms with van der Waals surface area (Å²) in [7, 11) is 0. The fourth-order valence-corrected chi connectivity index (χ4v) is 3.99. The van der Waals surface area contributed by atoms with E-state index in [1.165, 1.54) is 0 Å². The maximum Gasteiger partial charge on any atom is 0.317 e. The fraction of sp³-hybridized carbons (Fsp3) is 0.632. The largest absolute Gasteiger partial charge is 0.336 e. The summed E-state index contributed by atoms with van der Waals surface area (Å²) in [4.78, 5) is 33.0. The number of nitrogens with zero attached hydrogens (tertiary/aromatic N) is 3. The number of pyridine rings is 1. The second-order valence-corrected chi connectivity index (χ2v) is 7.70. The van der Waals surface area contributed by atoms with Gasteiger partial charge in [0.15, 0.2) is 0 Å². The summed E-state index contributed by atoms with van der Waals surface area (Å²) in [6.45, 7) is 6.76. The lowest BCUT2D eigenvalue weighted by Crippen LogP contribution is -2.56. The monoisotopic (exact) mass is 344 g/mol. The van der Waals surface area contributed by atoms with Crippen LogP contribution in [0.2, 0.25) is 0 Å². The minimum atomic E-state index is 0.0160. The second-order valence-electron chi connectivity index (χ2n) is 7.70. The van der Waals surface area contributed by atoms with Crippen molar-refractivity contribution in [2.45, 2.75) is 52.1 Å². The van der Waals surface area contributed by atoms with Crippen LogP contribution in [0.5, 0.6) is 0 Å². The third-order valence-electron chi connectivity index (χ3n) is 5.19. The van der Waals surface area contributed by atoms with Crippen molar-refractivity contribution in [3.05, 3.63) is 30.1 Å². The van der Waals surface area contributed by atoms with Gasteiger partial charge in [-0.25, -0.2) is 4.79 Å². The number of carbonyl (C=O) groups is 2. The van der Waals surface area contributed by atoms with Crippen LogP contribution in [0, 0.1) is 5.41 Å². The van der Waals surface area contributed by atoms with E-state index >= 15 is 0 Å². The molecule has 1 aromatic heterocycles. The Hall–Kier alpha value is -2.11. The van der Waals surface area contributed by atoms with E-state index in [0.717, 1.165) is 38.0 Å². The number of hydrogen-bond acceptors (Lipinski definition) is 3. The normalized spacial score (nSPS) is 24.0. The smallest absolute Gasteiger partial charge is 0.317 e. The first-order valence-corrected chi connectivity index (χ1v) is 9.21. The van der Waals surface area contributed by atoms with E-state index in [4.69, 9.17) is 0 Å². The van der Waals surface area contributed by atoms with Gasteiger partial charge >= 0.3 is 6.03 Å². The molecule has 0 bridgehead atoms. The molecule has 136 valence electrons. The van der Waals surface area contributed by atoms with Gasteiger partial charge in [0.2, 0.25) is 5.91 Å². The fourth-order valence-electron chi connectivity index (χ4n) is 3.99. The molecule has 1 N–H and O–H groups in total. The van der Waals surface area contributed by atoms with E-state index in [1.807, 2.05) is 41.8 Å². The van der Waals surface area contributed by atoms with Gasteiger partial charge in [-0.1, -0.05) is 6.07 Å². The topological polar surface area (TPSA) is 65.5 Å². The predicted octanol–water partition coefficient (Wildman–Crippen LogP) is 2.40. The molecule has 0 radical (unpaired) electrons. The Labute approximate surface area is 149 Å². The molecule has 25 heavy (non-hydrogen) atoms. The van der Waals surface area contributed by atoms with Crippen LogP contribution in [0.3, 0.4) is 0 Å². The predicted molar refractivity (Wildman–Crippen MR) is 95.8 cm³/mol. The molecule has 2 aliphatic heterocycles. The first-order chi connectivity index (χ1) is 12.0. The van der Waals surface area contributed by atoms with Crippen molar-refractivity contribution in [2.75, 3.05) is 19.6 Å². The van der Waals surface area contributed by atoms with Crippen LogP contribution in [0.15, 0.2) is 24.4 Å². The van der Waals surface area contributed by atoms with Crippen molar-refractivity contribution in [3.8, 4) is 0 Å². The molecule has 0 aliphatic carbocycles. The van der Waals surface area contributed by atoms with E-state index in [1.54, 1.807) is 6.20 Å². The maximum atomic E-state index is 12.4. The molecule has 6 heteroatoms. The Kier molecular flexibility index (Phi) is 5.25. The van der Waals surface area contributed by atoms with Crippen LogP contribution in [0.25, 0.3) is 0 Å². The highest BCUT2D eigenvalue weighted by Crippen LogP contribution is 2.39. The SMILES string of the molecule is CC(C)NC(=O)N1CCCC2(CCC(=O)N(Cc3ccccn3)C2)C1. The van der Waals surface area contributed by atoms with Crippen molar-refractivity contribution in [1.29, 1.82) is 0 Å². The third kappa shape index (κ3) is 4.30. The highest BCUT2D eigenvalue weighted by molar-refractivity contribution is 5.77. The number of aromatic nitrogens is 1. The average molecular weight is 344 g/mol. The Morgan fingerprint density at radius 2 is 2.16 bits per heavy atom. The molecule has 2 saturated heterocycles. The zero-order chi connectivity index (χ0) is 17.9. The van der Waals surface area contributed by atoms with Crippen molar-refractivity contribution in [1.82, 2.24) is 20.1 Å². The maximum absolute atomic E-state index is 12.4. The van der Waals surface area contributed by atoms with E-state index in [0.29, 0.717) is 19.5 Å². The van der Waals surface area contributed by atoms with Crippen molar-refractivity contribution in [3.63, 3.8) is 0 Å². The van der Waals surface area contributed by atoms with Crippen molar-refractivity contribution in [2.24, 2.45) is 5.41 Å². The van der Waals surface area contributed by atoms with E-state index < -0.39 is 0 Å². The molecule has 1 atom stereocenters. The molecular formula is C19H28N4O2. The number of nitrogens with one attached hydrogen (secondary N) is 1. The molecule has 1 spiro atoms. The lowest BCUT2D eigenvalue weighted by atomic mass is 9.73. The van der Waals surface area contributed by atoms with Gasteiger partial charge in [0.25, 0.3) is 0 Å². The van der Waals surface area contributed by atoms with Gasteiger partial charge in [-0.3, -0.25) is 9.78 Å².